The lowest BCUT2D eigenvalue weighted by atomic mass is 9.47. The maximum Gasteiger partial charge on any atom is 0.307 e. The topological polar surface area (TPSA) is 115 Å². The molecule has 182 valence electrons. The first-order chi connectivity index (χ1) is 15.3. The molecule has 4 aliphatic carbocycles. The summed E-state index contributed by atoms with van der Waals surface area (Å²) >= 11 is 0. The number of ether oxygens (including phenoxy) is 1. The van der Waals surface area contributed by atoms with Gasteiger partial charge in [-0.2, -0.15) is 8.42 Å². The second kappa shape index (κ2) is 8.45. The molecule has 8 heteroatoms. The minimum atomic E-state index is -4.26. The lowest BCUT2D eigenvalue weighted by Crippen LogP contribution is -2.51. The van der Waals surface area contributed by atoms with E-state index in [0.717, 1.165) is 38.5 Å². The number of hydrogen-bond acceptors (Lipinski definition) is 6. The van der Waals surface area contributed by atoms with Gasteiger partial charge >= 0.3 is 5.97 Å². The molecule has 0 amide bonds. The van der Waals surface area contributed by atoms with Gasteiger partial charge < -0.3 is 4.74 Å². The minimum absolute atomic E-state index is 0.0771. The fraction of sp³-hybridized carbons (Fsp3) is 0.720. The highest BCUT2D eigenvalue weighted by atomic mass is 32.2. The Bertz CT molecular complexity index is 1030. The van der Waals surface area contributed by atoms with Crippen LogP contribution in [0.25, 0.3) is 0 Å². The normalized spacial score (nSPS) is 38.5. The molecule has 7 atom stereocenters. The summed E-state index contributed by atoms with van der Waals surface area (Å²) in [6.07, 6.45) is 9.82. The number of rotatable bonds is 6. The Morgan fingerprint density at radius 1 is 1.18 bits per heavy atom. The fourth-order valence-corrected chi connectivity index (χ4v) is 7.90. The highest BCUT2D eigenvalue weighted by molar-refractivity contribution is 7.85. The van der Waals surface area contributed by atoms with E-state index in [2.05, 4.69) is 19.9 Å². The number of fused-ring (bicyclic) bond motifs is 5. The van der Waals surface area contributed by atoms with Gasteiger partial charge in [-0.3, -0.25) is 18.9 Å². The first-order valence-electron chi connectivity index (χ1n) is 12.0. The number of hydrogen-bond donors (Lipinski definition) is 1. The van der Waals surface area contributed by atoms with Gasteiger partial charge in [0.1, 0.15) is 0 Å². The van der Waals surface area contributed by atoms with Gasteiger partial charge in [-0.15, -0.1) is 0 Å². The van der Waals surface area contributed by atoms with E-state index in [0.29, 0.717) is 17.8 Å². The molecule has 0 aromatic carbocycles. The zero-order valence-corrected chi connectivity index (χ0v) is 20.4. The number of ketones is 2. The van der Waals surface area contributed by atoms with E-state index >= 15 is 0 Å². The van der Waals surface area contributed by atoms with Gasteiger partial charge in [-0.05, 0) is 80.8 Å². The predicted octanol–water partition coefficient (Wildman–Crippen LogP) is 3.69. The number of Topliss-reactive ketones (excluding diaryl/α,β-unsaturated/α-hetero) is 1. The van der Waals surface area contributed by atoms with Crippen LogP contribution in [0.3, 0.4) is 0 Å². The van der Waals surface area contributed by atoms with Crippen LogP contribution in [0.4, 0.5) is 0 Å². The molecule has 0 aromatic heterocycles. The van der Waals surface area contributed by atoms with E-state index in [1.807, 2.05) is 6.08 Å². The number of esters is 1. The van der Waals surface area contributed by atoms with Crippen molar-refractivity contribution in [1.82, 2.24) is 0 Å². The maximum atomic E-state index is 13.3. The van der Waals surface area contributed by atoms with Crippen LogP contribution in [0.1, 0.15) is 65.7 Å². The zero-order chi connectivity index (χ0) is 24.2. The molecular weight excluding hydrogens is 444 g/mol. The van der Waals surface area contributed by atoms with Crippen LogP contribution in [-0.2, 0) is 29.2 Å². The predicted molar refractivity (Wildman–Crippen MR) is 122 cm³/mol. The Labute approximate surface area is 195 Å². The van der Waals surface area contributed by atoms with Crippen molar-refractivity contribution in [2.24, 2.45) is 34.5 Å². The van der Waals surface area contributed by atoms with E-state index in [1.54, 1.807) is 13.0 Å². The molecule has 0 aliphatic heterocycles. The summed E-state index contributed by atoms with van der Waals surface area (Å²) in [5, 5.41) is 0. The maximum absolute atomic E-state index is 13.3. The lowest BCUT2D eigenvalue weighted by molar-refractivity contribution is -0.157. The third kappa shape index (κ3) is 4.36. The van der Waals surface area contributed by atoms with Crippen molar-refractivity contribution in [3.05, 3.63) is 23.8 Å². The summed E-state index contributed by atoms with van der Waals surface area (Å²) in [4.78, 5) is 37.2. The third-order valence-electron chi connectivity index (χ3n) is 9.17. The van der Waals surface area contributed by atoms with Crippen molar-refractivity contribution < 1.29 is 32.1 Å². The van der Waals surface area contributed by atoms with Crippen LogP contribution in [0.5, 0.6) is 0 Å². The van der Waals surface area contributed by atoms with Crippen molar-refractivity contribution in [2.45, 2.75) is 71.8 Å². The van der Waals surface area contributed by atoms with Gasteiger partial charge in [-0.1, -0.05) is 25.5 Å². The van der Waals surface area contributed by atoms with Gasteiger partial charge in [0.2, 0.25) is 0 Å². The van der Waals surface area contributed by atoms with Crippen LogP contribution < -0.4 is 0 Å². The minimum Gasteiger partial charge on any atom is -0.455 e. The Morgan fingerprint density at radius 3 is 2.61 bits per heavy atom. The molecule has 3 saturated carbocycles. The third-order valence-corrected chi connectivity index (χ3v) is 9.89. The van der Waals surface area contributed by atoms with Crippen molar-refractivity contribution in [3.8, 4) is 0 Å². The number of allylic oxidation sites excluding steroid dienone is 4. The van der Waals surface area contributed by atoms with E-state index in [1.165, 1.54) is 5.57 Å². The average molecular weight is 479 g/mol. The molecule has 1 N–H and O–H groups in total. The highest BCUT2D eigenvalue weighted by Crippen LogP contribution is 2.66. The summed E-state index contributed by atoms with van der Waals surface area (Å²) in [5.74, 6) is -0.349. The summed E-state index contributed by atoms with van der Waals surface area (Å²) in [7, 11) is -4.26. The van der Waals surface area contributed by atoms with Crippen LogP contribution in [0, 0.1) is 34.5 Å². The molecule has 0 radical (unpaired) electrons. The van der Waals surface area contributed by atoms with Crippen molar-refractivity contribution in [2.75, 3.05) is 5.75 Å². The van der Waals surface area contributed by atoms with Crippen molar-refractivity contribution in [3.63, 3.8) is 0 Å². The van der Waals surface area contributed by atoms with Gasteiger partial charge in [0.25, 0.3) is 10.1 Å². The molecule has 4 rings (SSSR count). The molecule has 33 heavy (non-hydrogen) atoms. The number of carbonyl (C=O) groups is 3. The molecular formula is C25H34O7S. The fourth-order valence-electron chi connectivity index (χ4n) is 7.47. The Hall–Kier alpha value is -1.80. The molecule has 0 saturated heterocycles. The Balaban J connectivity index is 1.46. The van der Waals surface area contributed by atoms with E-state index in [9.17, 15) is 22.8 Å². The molecule has 0 bridgehead atoms. The molecule has 4 aliphatic rings. The SMILES string of the molecule is CC(OC(=O)CCS(=O)(=O)O)C(=O)[C@H]1CC[C@H]2[C@@H]3CCC4=CC(=O)C=C[C@]4(C)[C@H]3CC[C@]12C. The van der Waals surface area contributed by atoms with E-state index in [4.69, 9.17) is 9.29 Å². The Morgan fingerprint density at radius 2 is 1.91 bits per heavy atom. The number of carbonyl (C=O) groups excluding carboxylic acids is 3. The monoisotopic (exact) mass is 478 g/mol. The summed E-state index contributed by atoms with van der Waals surface area (Å²) in [6, 6.07) is 0. The first kappa shape index (κ1) is 24.3. The van der Waals surface area contributed by atoms with Crippen LogP contribution >= 0.6 is 0 Å². The second-order valence-corrected chi connectivity index (χ2v) is 12.4. The zero-order valence-electron chi connectivity index (χ0n) is 19.6. The molecule has 0 spiro atoms. The van der Waals surface area contributed by atoms with Gasteiger partial charge in [0, 0.05) is 11.3 Å². The highest BCUT2D eigenvalue weighted by Gasteiger charge is 2.60. The standard InChI is InChI=1S/C25H34O7S/c1-15(32-22(27)10-13-33(29,30)31)23(28)21-7-6-19-18-5-4-16-14-17(26)8-11-24(16,2)20(18)9-12-25(19,21)3/h8,11,14-15,18-21H,4-7,9-10,12-13H2,1-3H3,(H,29,30,31)/t15?,18-,19-,20-,21+,24-,25-/m0/s1. The molecule has 3 fully saturated rings. The summed E-state index contributed by atoms with van der Waals surface area (Å²) < 4.78 is 35.8. The van der Waals surface area contributed by atoms with Crippen molar-refractivity contribution >= 4 is 27.7 Å². The molecule has 1 unspecified atom stereocenters. The van der Waals surface area contributed by atoms with Gasteiger partial charge in [0.05, 0.1) is 12.2 Å². The van der Waals surface area contributed by atoms with Crippen LogP contribution in [0.15, 0.2) is 23.8 Å². The van der Waals surface area contributed by atoms with Crippen molar-refractivity contribution in [1.29, 1.82) is 0 Å². The van der Waals surface area contributed by atoms with E-state index in [-0.39, 0.29) is 28.3 Å². The lowest BCUT2D eigenvalue weighted by Gasteiger charge is -2.57. The summed E-state index contributed by atoms with van der Waals surface area (Å²) in [6.45, 7) is 6.02. The van der Waals surface area contributed by atoms with Crippen LogP contribution in [0.2, 0.25) is 0 Å². The van der Waals surface area contributed by atoms with Crippen LogP contribution in [-0.4, -0.2) is 42.4 Å². The molecule has 0 heterocycles. The largest absolute Gasteiger partial charge is 0.455 e. The smallest absolute Gasteiger partial charge is 0.307 e. The second-order valence-electron chi connectivity index (χ2n) is 10.8. The van der Waals surface area contributed by atoms with Gasteiger partial charge in [0.15, 0.2) is 17.7 Å². The average Bonchev–Trinajstić information content (AvgIpc) is 3.09. The molecule has 7 nitrogen and oxygen atoms in total. The quantitative estimate of drug-likeness (QED) is 0.457. The van der Waals surface area contributed by atoms with E-state index < -0.39 is 34.4 Å². The summed E-state index contributed by atoms with van der Waals surface area (Å²) in [5.41, 5.74) is 1.01. The van der Waals surface area contributed by atoms with Gasteiger partial charge in [-0.25, -0.2) is 0 Å². The molecule has 0 aromatic rings. The first-order valence-corrected chi connectivity index (χ1v) is 13.6. The Kier molecular flexibility index (Phi) is 6.23.